The summed E-state index contributed by atoms with van der Waals surface area (Å²) in [7, 11) is 1.60. The molecule has 0 spiro atoms. The molecule has 0 saturated carbocycles. The van der Waals surface area contributed by atoms with E-state index in [9.17, 15) is 9.59 Å². The number of amides is 1. The van der Waals surface area contributed by atoms with Crippen molar-refractivity contribution in [3.05, 3.63) is 74.0 Å². The molecule has 0 bridgehead atoms. The van der Waals surface area contributed by atoms with Crippen LogP contribution in [-0.2, 0) is 4.74 Å². The molecule has 3 aromatic rings. The van der Waals surface area contributed by atoms with Crippen LogP contribution < -0.4 is 10.2 Å². The highest BCUT2D eigenvalue weighted by Crippen LogP contribution is 2.39. The van der Waals surface area contributed by atoms with Gasteiger partial charge in [0.05, 0.1) is 30.2 Å². The van der Waals surface area contributed by atoms with Crippen molar-refractivity contribution in [3.8, 4) is 5.75 Å². The standard InChI is InChI=1S/C23H20BrNO5/c1-28-15-7-4-13(5-8-15)20-19-21(26)17-11-14(24)6-9-18(17)30-22(19)23(27)25(20)12-16-3-2-10-29-16/h4-9,11,16,20H,2-3,10,12H2,1H3. The molecule has 2 unspecified atom stereocenters. The van der Waals surface area contributed by atoms with Gasteiger partial charge in [0.2, 0.25) is 5.76 Å². The summed E-state index contributed by atoms with van der Waals surface area (Å²) in [6.45, 7) is 1.11. The molecule has 7 heteroatoms. The topological polar surface area (TPSA) is 69.0 Å². The molecule has 30 heavy (non-hydrogen) atoms. The fraction of sp³-hybridized carbons (Fsp3) is 0.304. The Bertz CT molecular complexity index is 1180. The Morgan fingerprint density at radius 1 is 1.17 bits per heavy atom. The van der Waals surface area contributed by atoms with E-state index >= 15 is 0 Å². The highest BCUT2D eigenvalue weighted by Gasteiger charge is 2.43. The SMILES string of the molecule is COc1ccc(C2c3c(oc4ccc(Br)cc4c3=O)C(=O)N2CC2CCCO2)cc1. The van der Waals surface area contributed by atoms with Crippen LogP contribution in [0.4, 0.5) is 0 Å². The van der Waals surface area contributed by atoms with Crippen LogP contribution in [0.25, 0.3) is 11.0 Å². The zero-order valence-electron chi connectivity index (χ0n) is 16.4. The van der Waals surface area contributed by atoms with Gasteiger partial charge in [0.25, 0.3) is 5.91 Å². The van der Waals surface area contributed by atoms with Crippen molar-refractivity contribution in [2.24, 2.45) is 0 Å². The van der Waals surface area contributed by atoms with Gasteiger partial charge in [-0.05, 0) is 48.7 Å². The smallest absolute Gasteiger partial charge is 0.291 e. The molecule has 3 heterocycles. The number of methoxy groups -OCH3 is 1. The number of hydrogen-bond acceptors (Lipinski definition) is 5. The second-order valence-electron chi connectivity index (χ2n) is 7.58. The largest absolute Gasteiger partial charge is 0.497 e. The highest BCUT2D eigenvalue weighted by atomic mass is 79.9. The van der Waals surface area contributed by atoms with Crippen LogP contribution in [0.5, 0.6) is 5.75 Å². The number of nitrogens with zero attached hydrogens (tertiary/aromatic N) is 1. The lowest BCUT2D eigenvalue weighted by Gasteiger charge is -2.27. The van der Waals surface area contributed by atoms with E-state index in [4.69, 9.17) is 13.9 Å². The van der Waals surface area contributed by atoms with Gasteiger partial charge in [-0.2, -0.15) is 0 Å². The van der Waals surface area contributed by atoms with Gasteiger partial charge in [-0.15, -0.1) is 0 Å². The zero-order valence-corrected chi connectivity index (χ0v) is 18.0. The molecule has 2 aromatic carbocycles. The van der Waals surface area contributed by atoms with Gasteiger partial charge < -0.3 is 18.8 Å². The number of carbonyl (C=O) groups excluding carboxylic acids is 1. The van der Waals surface area contributed by atoms with Crippen LogP contribution in [0.1, 0.15) is 40.6 Å². The molecule has 2 aliphatic rings. The van der Waals surface area contributed by atoms with Crippen LogP contribution in [-0.4, -0.2) is 37.2 Å². The summed E-state index contributed by atoms with van der Waals surface area (Å²) >= 11 is 3.42. The van der Waals surface area contributed by atoms with Crippen LogP contribution in [0.2, 0.25) is 0 Å². The summed E-state index contributed by atoms with van der Waals surface area (Å²) in [4.78, 5) is 28.6. The van der Waals surface area contributed by atoms with Gasteiger partial charge in [0.1, 0.15) is 11.3 Å². The van der Waals surface area contributed by atoms with Gasteiger partial charge in [-0.1, -0.05) is 28.1 Å². The summed E-state index contributed by atoms with van der Waals surface area (Å²) in [5.41, 5.74) is 1.44. The first-order valence-electron chi connectivity index (χ1n) is 9.89. The van der Waals surface area contributed by atoms with Gasteiger partial charge in [0.15, 0.2) is 5.43 Å². The fourth-order valence-electron chi connectivity index (χ4n) is 4.32. The van der Waals surface area contributed by atoms with E-state index in [-0.39, 0.29) is 23.2 Å². The summed E-state index contributed by atoms with van der Waals surface area (Å²) < 4.78 is 17.8. The summed E-state index contributed by atoms with van der Waals surface area (Å²) in [5, 5.41) is 0.452. The van der Waals surface area contributed by atoms with E-state index in [1.54, 1.807) is 30.2 Å². The van der Waals surface area contributed by atoms with E-state index in [2.05, 4.69) is 15.9 Å². The Labute approximate surface area is 181 Å². The Balaban J connectivity index is 1.69. The number of hydrogen-bond donors (Lipinski definition) is 0. The first-order valence-corrected chi connectivity index (χ1v) is 10.7. The number of ether oxygens (including phenoxy) is 2. The van der Waals surface area contributed by atoms with Crippen molar-refractivity contribution in [2.45, 2.75) is 25.0 Å². The molecule has 1 aromatic heterocycles. The van der Waals surface area contributed by atoms with Gasteiger partial charge >= 0.3 is 0 Å². The third-order valence-corrected chi connectivity index (χ3v) is 6.28. The van der Waals surface area contributed by atoms with E-state index in [0.717, 1.165) is 22.9 Å². The maximum Gasteiger partial charge on any atom is 0.291 e. The molecule has 1 amide bonds. The average molecular weight is 470 g/mol. The molecule has 0 radical (unpaired) electrons. The van der Waals surface area contributed by atoms with Gasteiger partial charge in [0, 0.05) is 17.6 Å². The van der Waals surface area contributed by atoms with Crippen LogP contribution in [0.15, 0.2) is 56.1 Å². The van der Waals surface area contributed by atoms with Crippen molar-refractivity contribution in [1.29, 1.82) is 0 Å². The monoisotopic (exact) mass is 469 g/mol. The predicted molar refractivity (Wildman–Crippen MR) is 115 cm³/mol. The van der Waals surface area contributed by atoms with Crippen LogP contribution in [0.3, 0.4) is 0 Å². The molecule has 2 aliphatic heterocycles. The van der Waals surface area contributed by atoms with Crippen molar-refractivity contribution < 1.29 is 18.7 Å². The van der Waals surface area contributed by atoms with Crippen molar-refractivity contribution >= 4 is 32.8 Å². The lowest BCUT2D eigenvalue weighted by Crippen LogP contribution is -2.36. The quantitative estimate of drug-likeness (QED) is 0.569. The minimum atomic E-state index is -0.526. The number of fused-ring (bicyclic) bond motifs is 2. The number of rotatable bonds is 4. The molecule has 1 saturated heterocycles. The third-order valence-electron chi connectivity index (χ3n) is 5.78. The summed E-state index contributed by atoms with van der Waals surface area (Å²) in [5.74, 6) is 0.556. The van der Waals surface area contributed by atoms with Crippen molar-refractivity contribution in [3.63, 3.8) is 0 Å². The molecule has 154 valence electrons. The molecular weight excluding hydrogens is 450 g/mol. The first-order chi connectivity index (χ1) is 14.6. The van der Waals surface area contributed by atoms with Crippen LogP contribution in [0, 0.1) is 0 Å². The average Bonchev–Trinajstić information content (AvgIpc) is 3.37. The van der Waals surface area contributed by atoms with Crippen LogP contribution >= 0.6 is 15.9 Å². The Kier molecular flexibility index (Phi) is 4.87. The second-order valence-corrected chi connectivity index (χ2v) is 8.50. The highest BCUT2D eigenvalue weighted by molar-refractivity contribution is 9.10. The first kappa shape index (κ1) is 19.3. The maximum atomic E-state index is 13.5. The zero-order chi connectivity index (χ0) is 20.8. The molecular formula is C23H20BrNO5. The lowest BCUT2D eigenvalue weighted by molar-refractivity contribution is 0.0486. The number of carbonyl (C=O) groups is 1. The predicted octanol–water partition coefficient (Wildman–Crippen LogP) is 4.29. The number of halogens is 1. The van der Waals surface area contributed by atoms with E-state index in [0.29, 0.717) is 35.4 Å². The second kappa shape index (κ2) is 7.56. The Hall–Kier alpha value is -2.64. The Morgan fingerprint density at radius 3 is 2.67 bits per heavy atom. The molecule has 5 rings (SSSR count). The summed E-state index contributed by atoms with van der Waals surface area (Å²) in [6.07, 6.45) is 1.83. The lowest BCUT2D eigenvalue weighted by atomic mass is 9.98. The van der Waals surface area contributed by atoms with E-state index in [1.807, 2.05) is 24.3 Å². The normalized spacial score (nSPS) is 20.7. The van der Waals surface area contributed by atoms with Gasteiger partial charge in [-0.25, -0.2) is 0 Å². The van der Waals surface area contributed by atoms with E-state index < -0.39 is 6.04 Å². The fourth-order valence-corrected chi connectivity index (χ4v) is 4.68. The maximum absolute atomic E-state index is 13.5. The molecule has 1 fully saturated rings. The molecule has 2 atom stereocenters. The van der Waals surface area contributed by atoms with Crippen molar-refractivity contribution in [1.82, 2.24) is 4.90 Å². The van der Waals surface area contributed by atoms with Crippen molar-refractivity contribution in [2.75, 3.05) is 20.3 Å². The molecule has 0 N–H and O–H groups in total. The molecule has 0 aliphatic carbocycles. The van der Waals surface area contributed by atoms with E-state index in [1.165, 1.54) is 0 Å². The van der Waals surface area contributed by atoms with Gasteiger partial charge in [-0.3, -0.25) is 9.59 Å². The third kappa shape index (κ3) is 3.13. The minimum Gasteiger partial charge on any atom is -0.497 e. The minimum absolute atomic E-state index is 0.0392. The number of benzene rings is 2. The Morgan fingerprint density at radius 2 is 1.97 bits per heavy atom. The molecule has 6 nitrogen and oxygen atoms in total. The summed E-state index contributed by atoms with van der Waals surface area (Å²) in [6, 6.07) is 12.2.